The van der Waals surface area contributed by atoms with Gasteiger partial charge in [-0.05, 0) is 84.4 Å². The molecule has 1 spiro atoms. The molecule has 3 heterocycles. The molecule has 4 N–H and O–H groups in total. The minimum atomic E-state index is -1.28. The topological polar surface area (TPSA) is 141 Å². The number of hydrogen-bond donors (Lipinski definition) is 4. The fourth-order valence-corrected chi connectivity index (χ4v) is 6.87. The summed E-state index contributed by atoms with van der Waals surface area (Å²) >= 11 is 0. The van der Waals surface area contributed by atoms with Gasteiger partial charge in [0, 0.05) is 18.2 Å². The summed E-state index contributed by atoms with van der Waals surface area (Å²) in [7, 11) is 0. The van der Waals surface area contributed by atoms with Gasteiger partial charge in [-0.25, -0.2) is 0 Å². The van der Waals surface area contributed by atoms with E-state index < -0.39 is 28.6 Å². The van der Waals surface area contributed by atoms with Crippen molar-refractivity contribution in [2.75, 3.05) is 13.1 Å². The van der Waals surface area contributed by atoms with Gasteiger partial charge in [0.1, 0.15) is 11.3 Å². The van der Waals surface area contributed by atoms with Crippen LogP contribution in [0.5, 0.6) is 11.5 Å². The molecule has 38 heavy (non-hydrogen) atoms. The van der Waals surface area contributed by atoms with Crippen LogP contribution in [0.2, 0.25) is 0 Å². The fourth-order valence-electron chi connectivity index (χ4n) is 6.87. The van der Waals surface area contributed by atoms with Crippen LogP contribution < -0.4 is 10.1 Å². The Morgan fingerprint density at radius 1 is 1.32 bits per heavy atom. The summed E-state index contributed by atoms with van der Waals surface area (Å²) in [5, 5.41) is 41.3. The van der Waals surface area contributed by atoms with Gasteiger partial charge in [0.2, 0.25) is 0 Å². The van der Waals surface area contributed by atoms with Crippen molar-refractivity contribution in [3.8, 4) is 11.5 Å². The smallest absolute Gasteiger partial charge is 0.251 e. The summed E-state index contributed by atoms with van der Waals surface area (Å²) < 4.78 is 11.6. The monoisotopic (exact) mass is 524 g/mol. The van der Waals surface area contributed by atoms with Gasteiger partial charge in [0.15, 0.2) is 23.4 Å². The van der Waals surface area contributed by atoms with Crippen LogP contribution >= 0.6 is 0 Å². The van der Waals surface area contributed by atoms with Crippen LogP contribution in [0.25, 0.3) is 0 Å². The van der Waals surface area contributed by atoms with Crippen LogP contribution in [0, 0.1) is 12.8 Å². The molecule has 2 aliphatic heterocycles. The van der Waals surface area contributed by atoms with Gasteiger partial charge in [0.25, 0.3) is 11.8 Å². The maximum Gasteiger partial charge on any atom is 0.251 e. The molecule has 1 aromatic heterocycles. The van der Waals surface area contributed by atoms with Gasteiger partial charge in [-0.15, -0.1) is 0 Å². The molecule has 1 aromatic carbocycles. The number of piperidine rings is 1. The molecule has 2 bridgehead atoms. The zero-order chi connectivity index (χ0) is 27.2. The highest BCUT2D eigenvalue weighted by Crippen LogP contribution is 2.63. The fraction of sp³-hybridized carbons (Fsp3) is 0.607. The minimum Gasteiger partial charge on any atom is -0.508 e. The number of aromatic nitrogens is 2. The number of ether oxygens (including phenoxy) is 1. The second kappa shape index (κ2) is 8.19. The molecule has 4 atom stereocenters. The minimum absolute atomic E-state index is 0.0388. The first kappa shape index (κ1) is 25.2. The Morgan fingerprint density at radius 2 is 2.05 bits per heavy atom. The van der Waals surface area contributed by atoms with E-state index in [0.29, 0.717) is 24.6 Å². The third kappa shape index (κ3) is 3.49. The Labute approximate surface area is 221 Å². The molecule has 204 valence electrons. The summed E-state index contributed by atoms with van der Waals surface area (Å²) in [6, 6.07) is 3.33. The number of phenols is 1. The molecular formula is C28H36N4O6. The van der Waals surface area contributed by atoms with Gasteiger partial charge in [0.05, 0.1) is 16.6 Å². The van der Waals surface area contributed by atoms with E-state index >= 15 is 0 Å². The standard InChI is InChI=1S/C28H36N4O6/c1-14(24(35)30-26(3,4)25-29-15(2)31-38-25)21(34)23-28-10-11-32(13-16-6-7-16)19(27(28,5)36)12-17-8-9-18(33)22(37-23)20(17)28/h8-9,16,19,23,33-34,36H,6-7,10-13H2,1-5H3,(H,30,35)/b21-14-/t19-,23+,27-,28+/m1/s1. The number of hydrogen-bond acceptors (Lipinski definition) is 9. The molecule has 10 heteroatoms. The van der Waals surface area contributed by atoms with Crippen molar-refractivity contribution in [1.82, 2.24) is 20.4 Å². The molecule has 2 fully saturated rings. The Bertz CT molecular complexity index is 1340. The largest absolute Gasteiger partial charge is 0.508 e. The number of aliphatic hydroxyl groups is 2. The third-order valence-electron chi connectivity index (χ3n) is 9.20. The number of fused-ring (bicyclic) bond motifs is 1. The van der Waals surface area contributed by atoms with Crippen LogP contribution in [0.3, 0.4) is 0 Å². The van der Waals surface area contributed by atoms with E-state index in [2.05, 4.69) is 20.4 Å². The second-order valence-electron chi connectivity index (χ2n) is 12.2. The van der Waals surface area contributed by atoms with Crippen LogP contribution in [-0.2, 0) is 22.2 Å². The van der Waals surface area contributed by atoms with Crippen molar-refractivity contribution >= 4 is 5.91 Å². The van der Waals surface area contributed by atoms with Crippen LogP contribution in [0.1, 0.15) is 69.8 Å². The first-order chi connectivity index (χ1) is 17.9. The first-order valence-corrected chi connectivity index (χ1v) is 13.4. The average molecular weight is 525 g/mol. The third-order valence-corrected chi connectivity index (χ3v) is 9.20. The van der Waals surface area contributed by atoms with Crippen LogP contribution in [0.4, 0.5) is 0 Å². The highest BCUT2D eigenvalue weighted by molar-refractivity contribution is 5.94. The molecule has 4 aliphatic rings. The molecule has 2 aliphatic carbocycles. The van der Waals surface area contributed by atoms with E-state index in [1.54, 1.807) is 26.8 Å². The lowest BCUT2D eigenvalue weighted by Crippen LogP contribution is -2.73. The number of nitrogens with one attached hydrogen (secondary N) is 1. The SMILES string of the molecule is C/C(C(=O)NC(C)(C)c1nc(C)no1)=C(/O)[C@@H]1Oc2c(O)ccc3c2[C@@]12CCN(CC1CC1)[C@H](C3)[C@@]2(C)O. The van der Waals surface area contributed by atoms with Crippen molar-refractivity contribution in [2.45, 2.75) is 89.0 Å². The number of carbonyl (C=O) groups is 1. The van der Waals surface area contributed by atoms with E-state index in [4.69, 9.17) is 9.26 Å². The zero-order valence-corrected chi connectivity index (χ0v) is 22.5. The summed E-state index contributed by atoms with van der Waals surface area (Å²) in [6.45, 7) is 10.2. The van der Waals surface area contributed by atoms with E-state index in [9.17, 15) is 20.1 Å². The number of nitrogens with zero attached hydrogens (tertiary/aromatic N) is 3. The van der Waals surface area contributed by atoms with E-state index in [1.165, 1.54) is 19.8 Å². The quantitative estimate of drug-likeness (QED) is 0.331. The normalized spacial score (nSPS) is 30.9. The molecule has 2 aromatic rings. The number of aliphatic hydroxyl groups excluding tert-OH is 1. The van der Waals surface area contributed by atoms with Crippen molar-refractivity contribution in [2.24, 2.45) is 5.92 Å². The number of aromatic hydroxyl groups is 1. The van der Waals surface area contributed by atoms with Crippen LogP contribution in [-0.4, -0.2) is 67.1 Å². The lowest BCUT2D eigenvalue weighted by atomic mass is 9.53. The summed E-state index contributed by atoms with van der Waals surface area (Å²) in [5.41, 5.74) is -1.48. The molecule has 1 saturated carbocycles. The van der Waals surface area contributed by atoms with Gasteiger partial charge in [-0.3, -0.25) is 9.69 Å². The average Bonchev–Trinajstić information content (AvgIpc) is 3.42. The Hall–Kier alpha value is -3.11. The number of amides is 1. The van der Waals surface area contributed by atoms with E-state index in [1.807, 2.05) is 13.0 Å². The van der Waals surface area contributed by atoms with Crippen molar-refractivity contribution in [3.05, 3.63) is 46.3 Å². The second-order valence-corrected chi connectivity index (χ2v) is 12.2. The molecule has 0 radical (unpaired) electrons. The number of likely N-dealkylation sites (tertiary alicyclic amines) is 1. The number of phenolic OH excluding ortho intramolecular Hbond substituents is 1. The predicted octanol–water partition coefficient (Wildman–Crippen LogP) is 2.76. The summed E-state index contributed by atoms with van der Waals surface area (Å²) in [4.78, 5) is 20.0. The number of rotatable bonds is 6. The Morgan fingerprint density at radius 3 is 2.71 bits per heavy atom. The lowest BCUT2D eigenvalue weighted by Gasteiger charge is -2.59. The maximum absolute atomic E-state index is 13.4. The Balaban J connectivity index is 1.39. The van der Waals surface area contributed by atoms with Crippen LogP contribution in [0.15, 0.2) is 28.0 Å². The molecular weight excluding hydrogens is 488 g/mol. The highest BCUT2D eigenvalue weighted by Gasteiger charge is 2.69. The van der Waals surface area contributed by atoms with Gasteiger partial charge >= 0.3 is 0 Å². The molecule has 1 saturated heterocycles. The maximum atomic E-state index is 13.4. The molecule has 6 rings (SSSR count). The van der Waals surface area contributed by atoms with Crippen molar-refractivity contribution < 1.29 is 29.4 Å². The van der Waals surface area contributed by atoms with Crippen molar-refractivity contribution in [1.29, 1.82) is 0 Å². The summed E-state index contributed by atoms with van der Waals surface area (Å²) in [6.07, 6.45) is 2.54. The highest BCUT2D eigenvalue weighted by atomic mass is 16.5. The molecule has 0 unspecified atom stereocenters. The molecule has 1 amide bonds. The van der Waals surface area contributed by atoms with E-state index in [-0.39, 0.29) is 34.8 Å². The first-order valence-electron chi connectivity index (χ1n) is 13.4. The van der Waals surface area contributed by atoms with E-state index in [0.717, 1.165) is 24.2 Å². The molecule has 10 nitrogen and oxygen atoms in total. The lowest BCUT2D eigenvalue weighted by molar-refractivity contribution is -0.153. The van der Waals surface area contributed by atoms with Gasteiger partial charge in [-0.2, -0.15) is 4.98 Å². The van der Waals surface area contributed by atoms with Gasteiger partial charge in [-0.1, -0.05) is 11.2 Å². The number of carbonyl (C=O) groups excluding carboxylic acids is 1. The summed E-state index contributed by atoms with van der Waals surface area (Å²) in [5.74, 6) is 0.810. The van der Waals surface area contributed by atoms with Gasteiger partial charge < -0.3 is 29.9 Å². The predicted molar refractivity (Wildman–Crippen MR) is 137 cm³/mol. The zero-order valence-electron chi connectivity index (χ0n) is 22.5. The Kier molecular flexibility index (Phi) is 5.43. The van der Waals surface area contributed by atoms with Crippen molar-refractivity contribution in [3.63, 3.8) is 0 Å². The number of aryl methyl sites for hydroxylation is 1. The number of benzene rings is 1.